The summed E-state index contributed by atoms with van der Waals surface area (Å²) in [4.78, 5) is 12.1. The van der Waals surface area contributed by atoms with E-state index >= 15 is 0 Å². The van der Waals surface area contributed by atoms with E-state index in [1.165, 1.54) is 17.2 Å². The number of carbonyl (C=O) groups excluding carboxylic acids is 1. The van der Waals surface area contributed by atoms with Crippen molar-refractivity contribution < 1.29 is 4.79 Å². The monoisotopic (exact) mass is 385 g/mol. The summed E-state index contributed by atoms with van der Waals surface area (Å²) in [5, 5.41) is 6.22. The Balaban J connectivity index is 1.52. The van der Waals surface area contributed by atoms with E-state index in [2.05, 4.69) is 60.9 Å². The molecule has 0 atom stereocenters. The summed E-state index contributed by atoms with van der Waals surface area (Å²) >= 11 is 0. The Labute approximate surface area is 172 Å². The van der Waals surface area contributed by atoms with Gasteiger partial charge in [-0.3, -0.25) is 4.79 Å². The molecule has 0 bridgehead atoms. The Hall–Kier alpha value is -3.53. The van der Waals surface area contributed by atoms with Gasteiger partial charge in [0.1, 0.15) is 0 Å². The summed E-state index contributed by atoms with van der Waals surface area (Å²) in [6.45, 7) is 5.14. The molecule has 148 valence electrons. The van der Waals surface area contributed by atoms with E-state index in [0.717, 1.165) is 17.8 Å². The molecule has 0 radical (unpaired) electrons. The third kappa shape index (κ3) is 5.98. The minimum atomic E-state index is -0.210. The van der Waals surface area contributed by atoms with Crippen molar-refractivity contribution >= 4 is 29.0 Å². The van der Waals surface area contributed by atoms with Gasteiger partial charge >= 0.3 is 0 Å². The second-order valence-corrected chi connectivity index (χ2v) is 7.28. The van der Waals surface area contributed by atoms with Crippen LogP contribution >= 0.6 is 0 Å². The van der Waals surface area contributed by atoms with Gasteiger partial charge in [0.25, 0.3) is 0 Å². The highest BCUT2D eigenvalue weighted by Gasteiger charge is 2.02. The van der Waals surface area contributed by atoms with E-state index in [4.69, 9.17) is 5.73 Å². The van der Waals surface area contributed by atoms with Gasteiger partial charge in [-0.2, -0.15) is 0 Å². The Morgan fingerprint density at radius 3 is 2.31 bits per heavy atom. The molecule has 1 amide bonds. The molecule has 3 aromatic carbocycles. The van der Waals surface area contributed by atoms with E-state index in [1.54, 1.807) is 18.2 Å². The highest BCUT2D eigenvalue weighted by Crippen LogP contribution is 2.18. The van der Waals surface area contributed by atoms with Crippen LogP contribution in [0.4, 0.5) is 17.1 Å². The van der Waals surface area contributed by atoms with E-state index < -0.39 is 0 Å². The maximum atomic E-state index is 12.1. The second-order valence-electron chi connectivity index (χ2n) is 7.28. The summed E-state index contributed by atoms with van der Waals surface area (Å²) < 4.78 is 0. The lowest BCUT2D eigenvalue weighted by Gasteiger charge is -2.09. The number of nitrogen functional groups attached to an aromatic ring is 1. The average molecular weight is 386 g/mol. The van der Waals surface area contributed by atoms with Crippen molar-refractivity contribution in [3.8, 4) is 0 Å². The predicted molar refractivity (Wildman–Crippen MR) is 123 cm³/mol. The number of rotatable bonds is 7. The average Bonchev–Trinajstić information content (AvgIpc) is 2.73. The van der Waals surface area contributed by atoms with Crippen LogP contribution in [0.5, 0.6) is 0 Å². The number of hydrogen-bond acceptors (Lipinski definition) is 3. The van der Waals surface area contributed by atoms with Crippen LogP contribution in [0.25, 0.3) is 6.08 Å². The molecule has 0 aliphatic heterocycles. The molecule has 0 saturated carbocycles. The van der Waals surface area contributed by atoms with Gasteiger partial charge in [0.05, 0.1) is 11.4 Å². The molecule has 29 heavy (non-hydrogen) atoms. The zero-order valence-electron chi connectivity index (χ0n) is 16.9. The maximum Gasteiger partial charge on any atom is 0.248 e. The molecule has 0 saturated heterocycles. The summed E-state index contributed by atoms with van der Waals surface area (Å²) in [6.07, 6.45) is 3.30. The normalized spacial score (nSPS) is 11.0. The van der Waals surface area contributed by atoms with Gasteiger partial charge in [0, 0.05) is 18.3 Å². The van der Waals surface area contributed by atoms with Gasteiger partial charge in [-0.1, -0.05) is 62.4 Å². The maximum absolute atomic E-state index is 12.1. The van der Waals surface area contributed by atoms with Crippen LogP contribution in [0, 0.1) is 0 Å². The molecule has 0 unspecified atom stereocenters. The van der Waals surface area contributed by atoms with Gasteiger partial charge in [0.15, 0.2) is 0 Å². The van der Waals surface area contributed by atoms with Crippen molar-refractivity contribution in [2.45, 2.75) is 26.3 Å². The number of anilines is 3. The summed E-state index contributed by atoms with van der Waals surface area (Å²) in [5.41, 5.74) is 11.6. The summed E-state index contributed by atoms with van der Waals surface area (Å²) in [6, 6.07) is 23.9. The van der Waals surface area contributed by atoms with Crippen molar-refractivity contribution in [1.29, 1.82) is 0 Å². The quantitative estimate of drug-likeness (QED) is 0.363. The predicted octanol–water partition coefficient (Wildman–Crippen LogP) is 5.66. The zero-order chi connectivity index (χ0) is 20.6. The number of nitrogens with two attached hydrogens (primary N) is 1. The van der Waals surface area contributed by atoms with E-state index in [1.807, 2.05) is 24.3 Å². The smallest absolute Gasteiger partial charge is 0.248 e. The lowest BCUT2D eigenvalue weighted by Crippen LogP contribution is -2.09. The second kappa shape index (κ2) is 9.60. The van der Waals surface area contributed by atoms with Crippen LogP contribution in [0.15, 0.2) is 78.9 Å². The van der Waals surface area contributed by atoms with Crippen LogP contribution in [-0.2, 0) is 11.3 Å². The van der Waals surface area contributed by atoms with Crippen LogP contribution in [0.1, 0.15) is 36.5 Å². The third-order valence-corrected chi connectivity index (χ3v) is 4.70. The minimum absolute atomic E-state index is 0.210. The van der Waals surface area contributed by atoms with Crippen molar-refractivity contribution in [3.05, 3.63) is 95.6 Å². The Morgan fingerprint density at radius 1 is 0.966 bits per heavy atom. The zero-order valence-corrected chi connectivity index (χ0v) is 16.9. The largest absolute Gasteiger partial charge is 0.397 e. The number of para-hydroxylation sites is 2. The van der Waals surface area contributed by atoms with Gasteiger partial charge in [0.2, 0.25) is 5.91 Å². The molecule has 4 N–H and O–H groups in total. The molecular weight excluding hydrogens is 358 g/mol. The van der Waals surface area contributed by atoms with Crippen molar-refractivity contribution in [3.63, 3.8) is 0 Å². The molecule has 0 fully saturated rings. The lowest BCUT2D eigenvalue weighted by atomic mass is 10.0. The van der Waals surface area contributed by atoms with Gasteiger partial charge in [-0.25, -0.2) is 0 Å². The fraction of sp³-hybridized carbons (Fsp3) is 0.160. The van der Waals surface area contributed by atoms with Gasteiger partial charge < -0.3 is 16.4 Å². The number of hydrogen-bond donors (Lipinski definition) is 3. The fourth-order valence-corrected chi connectivity index (χ4v) is 2.89. The Morgan fingerprint density at radius 2 is 1.66 bits per heavy atom. The summed E-state index contributed by atoms with van der Waals surface area (Å²) in [5.74, 6) is 0.329. The molecule has 4 nitrogen and oxygen atoms in total. The minimum Gasteiger partial charge on any atom is -0.397 e. The van der Waals surface area contributed by atoms with E-state index in [-0.39, 0.29) is 5.91 Å². The molecule has 0 aliphatic carbocycles. The lowest BCUT2D eigenvalue weighted by molar-refractivity contribution is -0.111. The first-order chi connectivity index (χ1) is 14.0. The standard InChI is InChI=1S/C25H27N3O/c1-18(2)21-12-14-22(15-13-21)27-17-20-9-7-19(8-10-20)11-16-25(29)28-24-6-4-3-5-23(24)26/h3-16,18,27H,17,26H2,1-2H3,(H,28,29)/b16-11+. The number of benzene rings is 3. The molecule has 3 aromatic rings. The molecule has 0 spiro atoms. The van der Waals surface area contributed by atoms with E-state index in [0.29, 0.717) is 17.3 Å². The van der Waals surface area contributed by atoms with Crippen LogP contribution in [0.2, 0.25) is 0 Å². The molecule has 0 aliphatic rings. The van der Waals surface area contributed by atoms with Crippen molar-refractivity contribution in [1.82, 2.24) is 0 Å². The molecular formula is C25H27N3O. The molecule has 0 heterocycles. The van der Waals surface area contributed by atoms with E-state index in [9.17, 15) is 4.79 Å². The topological polar surface area (TPSA) is 67.2 Å². The number of amides is 1. The van der Waals surface area contributed by atoms with Crippen LogP contribution in [0.3, 0.4) is 0 Å². The SMILES string of the molecule is CC(C)c1ccc(NCc2ccc(/C=C/C(=O)Nc3ccccc3N)cc2)cc1. The Bertz CT molecular complexity index is 974. The molecule has 4 heteroatoms. The molecule has 3 rings (SSSR count). The first-order valence-electron chi connectivity index (χ1n) is 9.77. The van der Waals surface area contributed by atoms with Crippen molar-refractivity contribution in [2.24, 2.45) is 0 Å². The first kappa shape index (κ1) is 20.2. The number of nitrogens with one attached hydrogen (secondary N) is 2. The third-order valence-electron chi connectivity index (χ3n) is 4.70. The summed E-state index contributed by atoms with van der Waals surface area (Å²) in [7, 11) is 0. The fourth-order valence-electron chi connectivity index (χ4n) is 2.89. The number of carbonyl (C=O) groups is 1. The highest BCUT2D eigenvalue weighted by molar-refractivity contribution is 6.03. The molecule has 0 aromatic heterocycles. The first-order valence-corrected chi connectivity index (χ1v) is 9.77. The van der Waals surface area contributed by atoms with Crippen molar-refractivity contribution in [2.75, 3.05) is 16.4 Å². The van der Waals surface area contributed by atoms with Crippen LogP contribution < -0.4 is 16.4 Å². The Kier molecular flexibility index (Phi) is 6.69. The van der Waals surface area contributed by atoms with Crippen LogP contribution in [-0.4, -0.2) is 5.91 Å². The highest BCUT2D eigenvalue weighted by atomic mass is 16.1. The van der Waals surface area contributed by atoms with Gasteiger partial charge in [-0.15, -0.1) is 0 Å². The van der Waals surface area contributed by atoms with Gasteiger partial charge in [-0.05, 0) is 52.9 Å².